The van der Waals surface area contributed by atoms with Crippen LogP contribution in [-0.2, 0) is 10.8 Å². The molecule has 0 fully saturated rings. The van der Waals surface area contributed by atoms with Crippen molar-refractivity contribution in [2.75, 3.05) is 9.80 Å². The molecule has 9 heteroatoms. The number of para-hydroxylation sites is 2. The van der Waals surface area contributed by atoms with Crippen molar-refractivity contribution in [3.05, 3.63) is 405 Å². The van der Waals surface area contributed by atoms with Crippen LogP contribution in [0.3, 0.4) is 0 Å². The molecular weight excluding hydrogens is 1520 g/mol. The first kappa shape index (κ1) is 73.8. The summed E-state index contributed by atoms with van der Waals surface area (Å²) in [6.07, 6.45) is 0. The highest BCUT2D eigenvalue weighted by Gasteiger charge is 2.54. The van der Waals surface area contributed by atoms with Gasteiger partial charge in [0, 0.05) is 73.5 Å². The topological polar surface area (TPSA) is 43.4 Å². The maximum atomic E-state index is 8.43. The highest BCUT2D eigenvalue weighted by atomic mass is 16.5. The molecular formula is C116H83B3N2O4. The lowest BCUT2D eigenvalue weighted by Gasteiger charge is -2.47. The molecule has 0 aromatic heterocycles. The van der Waals surface area contributed by atoms with Crippen molar-refractivity contribution in [3.63, 3.8) is 0 Å². The van der Waals surface area contributed by atoms with Gasteiger partial charge in [0.25, 0.3) is 20.1 Å². The van der Waals surface area contributed by atoms with Crippen molar-refractivity contribution in [2.24, 2.45) is 0 Å². The molecule has 0 atom stereocenters. The molecule has 0 bridgehead atoms. The summed E-state index contributed by atoms with van der Waals surface area (Å²) in [6, 6.07) is 146. The van der Waals surface area contributed by atoms with Crippen molar-refractivity contribution in [2.45, 2.75) is 52.4 Å². The Kier molecular flexibility index (Phi) is 17.0. The number of hydrogen-bond acceptors (Lipinski definition) is 6. The van der Waals surface area contributed by atoms with E-state index in [2.05, 4.69) is 446 Å². The average molecular weight is 1600 g/mol. The van der Waals surface area contributed by atoms with Gasteiger partial charge in [-0.2, -0.15) is 0 Å². The van der Waals surface area contributed by atoms with Crippen LogP contribution in [0.1, 0.15) is 52.7 Å². The van der Waals surface area contributed by atoms with Crippen LogP contribution in [0.15, 0.2) is 394 Å². The number of benzene rings is 18. The van der Waals surface area contributed by atoms with Gasteiger partial charge in [0.2, 0.25) is 0 Å². The van der Waals surface area contributed by atoms with Crippen molar-refractivity contribution >= 4 is 103 Å². The van der Waals surface area contributed by atoms with Crippen molar-refractivity contribution in [1.82, 2.24) is 0 Å². The van der Waals surface area contributed by atoms with E-state index in [9.17, 15) is 0 Å². The van der Waals surface area contributed by atoms with Crippen LogP contribution in [0.2, 0.25) is 0 Å². The molecule has 0 amide bonds. The Morgan fingerprint density at radius 1 is 0.192 bits per heavy atom. The SMILES string of the molecule is CC(C)(C)c1cc(-c2cc3c4c(c2)N(c2c(-c5ccccc5)cccc2-c2ccccc2)c2cc5c6c(c2B4c2ccc(-c4ccccc4)cc2N3c2c(-c3ccccc3)cccc2-c2ccccc2)Oc2cc(-c3ccccc3)ccc2B6c2c(cc3c4c2Oc2ccc(-c6ccccc6)cc2B4c2cc(-c4ccccc4)ccc2O3)O5)cc(C(C)(C)C)c1. The molecule has 0 saturated carbocycles. The minimum Gasteiger partial charge on any atom is -0.459 e. The van der Waals surface area contributed by atoms with Crippen LogP contribution in [0.25, 0.3) is 100 Å². The highest BCUT2D eigenvalue weighted by molar-refractivity contribution is 7.04. The molecule has 0 N–H and O–H groups in total. The molecule has 6 heterocycles. The summed E-state index contributed by atoms with van der Waals surface area (Å²) in [5.74, 6) is 5.74. The smallest absolute Gasteiger partial charge is 0.265 e. The minimum absolute atomic E-state index is 0.214. The molecule has 0 saturated heterocycles. The van der Waals surface area contributed by atoms with Crippen LogP contribution < -0.4 is 77.9 Å². The highest BCUT2D eigenvalue weighted by Crippen LogP contribution is 2.57. The Morgan fingerprint density at radius 2 is 0.512 bits per heavy atom. The predicted molar refractivity (Wildman–Crippen MR) is 522 cm³/mol. The fourth-order valence-electron chi connectivity index (χ4n) is 20.5. The lowest BCUT2D eigenvalue weighted by molar-refractivity contribution is 0.443. The molecule has 590 valence electrons. The van der Waals surface area contributed by atoms with Crippen LogP contribution in [0, 0.1) is 0 Å². The van der Waals surface area contributed by atoms with Crippen molar-refractivity contribution < 1.29 is 18.9 Å². The maximum Gasteiger partial charge on any atom is 0.265 e. The summed E-state index contributed by atoms with van der Waals surface area (Å²) in [7, 11) is 0. The number of anilines is 6. The first-order valence-corrected chi connectivity index (χ1v) is 43.6. The Balaban J connectivity index is 0.858. The number of fused-ring (bicyclic) bond motifs is 14. The normalized spacial score (nSPS) is 13.2. The maximum absolute atomic E-state index is 8.43. The number of nitrogens with zero attached hydrogens (tertiary/aromatic N) is 2. The minimum atomic E-state index is -0.530. The summed E-state index contributed by atoms with van der Waals surface area (Å²) in [5.41, 5.74) is 36.9. The fourth-order valence-corrected chi connectivity index (χ4v) is 20.5. The molecule has 18 aromatic carbocycles. The summed E-state index contributed by atoms with van der Waals surface area (Å²) in [4.78, 5) is 5.31. The fraction of sp³-hybridized carbons (Fsp3) is 0.0690. The molecule has 6 nitrogen and oxygen atoms in total. The second-order valence-electron chi connectivity index (χ2n) is 36.0. The Hall–Kier alpha value is -15.0. The number of rotatable bonds is 11. The zero-order chi connectivity index (χ0) is 83.5. The molecule has 0 spiro atoms. The van der Waals surface area contributed by atoms with Gasteiger partial charge in [-0.15, -0.1) is 0 Å². The third-order valence-electron chi connectivity index (χ3n) is 26.6. The molecule has 0 unspecified atom stereocenters. The second kappa shape index (κ2) is 28.8. The first-order chi connectivity index (χ1) is 61.3. The van der Waals surface area contributed by atoms with E-state index < -0.39 is 13.4 Å². The van der Waals surface area contributed by atoms with E-state index in [1.54, 1.807) is 0 Å². The molecule has 24 rings (SSSR count). The van der Waals surface area contributed by atoms with Gasteiger partial charge in [-0.3, -0.25) is 0 Å². The average Bonchev–Trinajstić information content (AvgIpc) is 0.671. The molecule has 6 aliphatic rings. The van der Waals surface area contributed by atoms with E-state index in [0.717, 1.165) is 206 Å². The van der Waals surface area contributed by atoms with E-state index in [-0.39, 0.29) is 17.5 Å². The number of hydrogen-bond donors (Lipinski definition) is 0. The van der Waals surface area contributed by atoms with Gasteiger partial charge in [0.15, 0.2) is 0 Å². The van der Waals surface area contributed by atoms with E-state index in [1.165, 1.54) is 11.1 Å². The third kappa shape index (κ3) is 12.1. The quantitative estimate of drug-likeness (QED) is 0.120. The standard InChI is InChI=1S/C116H83B3N2O4/c1-115(2,3)86-61-84(62-87(69-86)116(4,5)6)85-66-97-106-98(67-85)121(112-90(78-45-27-13-28-46-78)51-32-52-91(112)79-47-29-14-30-48-79)99-70-103-109-113(107(99)118(106)92-57-53-82(74-37-19-9-20-38-74)65-96(92)120(97)111-88(76-41-23-11-24-42-76)49-31-50-89(111)77-43-25-12-26-44-77)125-102-68-83(75-39-21-10-22-40-75)54-58-93(102)119(109)110-105(123-103)71-104-108-114(110)124-101-60-56-81(73-35-17-8-18-36-73)64-95(101)117(108)94-63-80(55-59-100(94)122-104)72-33-15-7-16-34-72/h7-71H,1-6H3. The summed E-state index contributed by atoms with van der Waals surface area (Å²) >= 11 is 0. The second-order valence-corrected chi connectivity index (χ2v) is 36.0. The van der Waals surface area contributed by atoms with Gasteiger partial charge in [-0.25, -0.2) is 0 Å². The lowest BCUT2D eigenvalue weighted by Crippen LogP contribution is -2.66. The van der Waals surface area contributed by atoms with Crippen molar-refractivity contribution in [1.29, 1.82) is 0 Å². The van der Waals surface area contributed by atoms with E-state index in [4.69, 9.17) is 18.9 Å². The summed E-state index contributed by atoms with van der Waals surface area (Å²) in [6.45, 7) is 12.7. The van der Waals surface area contributed by atoms with Crippen LogP contribution in [0.5, 0.6) is 46.0 Å². The van der Waals surface area contributed by atoms with Crippen LogP contribution >= 0.6 is 0 Å². The molecule has 125 heavy (non-hydrogen) atoms. The first-order valence-electron chi connectivity index (χ1n) is 43.6. The molecule has 0 aliphatic carbocycles. The van der Waals surface area contributed by atoms with Gasteiger partial charge in [-0.1, -0.05) is 387 Å². The zero-order valence-electron chi connectivity index (χ0n) is 70.3. The van der Waals surface area contributed by atoms with E-state index >= 15 is 0 Å². The van der Waals surface area contributed by atoms with Gasteiger partial charge in [-0.05, 0) is 169 Å². The van der Waals surface area contributed by atoms with E-state index in [1.807, 2.05) is 0 Å². The van der Waals surface area contributed by atoms with Crippen LogP contribution in [-0.4, -0.2) is 20.1 Å². The summed E-state index contributed by atoms with van der Waals surface area (Å²) in [5, 5.41) is 0. The van der Waals surface area contributed by atoms with Gasteiger partial charge < -0.3 is 28.7 Å². The van der Waals surface area contributed by atoms with Crippen LogP contribution in [0.4, 0.5) is 34.1 Å². The molecule has 0 radical (unpaired) electrons. The number of ether oxygens (including phenoxy) is 4. The molecule has 18 aromatic rings. The predicted octanol–water partition coefficient (Wildman–Crippen LogP) is 24.8. The lowest BCUT2D eigenvalue weighted by atomic mass is 9.29. The van der Waals surface area contributed by atoms with Gasteiger partial charge in [0.05, 0.1) is 11.4 Å². The molecule has 6 aliphatic heterocycles. The van der Waals surface area contributed by atoms with Gasteiger partial charge in [0.1, 0.15) is 46.0 Å². The summed E-state index contributed by atoms with van der Waals surface area (Å²) < 4.78 is 31.9. The largest absolute Gasteiger partial charge is 0.459 e. The Labute approximate surface area is 731 Å². The Bertz CT molecular complexity index is 7220. The Morgan fingerprint density at radius 3 is 0.952 bits per heavy atom. The third-order valence-corrected chi connectivity index (χ3v) is 26.6. The van der Waals surface area contributed by atoms with E-state index in [0.29, 0.717) is 23.0 Å². The monoisotopic (exact) mass is 1600 g/mol. The zero-order valence-corrected chi connectivity index (χ0v) is 70.3. The van der Waals surface area contributed by atoms with Crippen molar-refractivity contribution in [3.8, 4) is 146 Å². The van der Waals surface area contributed by atoms with Gasteiger partial charge >= 0.3 is 0 Å².